The first-order chi connectivity index (χ1) is 8.01. The first-order valence-corrected chi connectivity index (χ1v) is 8.96. The van der Waals surface area contributed by atoms with E-state index in [1.807, 2.05) is 11.8 Å². The Kier molecular flexibility index (Phi) is 6.00. The lowest BCUT2D eigenvalue weighted by Gasteiger charge is -2.34. The van der Waals surface area contributed by atoms with Crippen LogP contribution in [0.1, 0.15) is 33.6 Å². The summed E-state index contributed by atoms with van der Waals surface area (Å²) in [6.07, 6.45) is 4.14. The monoisotopic (exact) mass is 276 g/mol. The molecule has 5 heteroatoms. The highest BCUT2D eigenvalue weighted by Gasteiger charge is 2.30. The third kappa shape index (κ3) is 4.62. The van der Waals surface area contributed by atoms with E-state index in [4.69, 9.17) is 0 Å². The molecule has 1 heterocycles. The molecular weight excluding hydrogens is 252 g/mol. The van der Waals surface area contributed by atoms with Gasteiger partial charge in [-0.1, -0.05) is 25.6 Å². The van der Waals surface area contributed by atoms with Crippen molar-refractivity contribution in [3.8, 4) is 0 Å². The van der Waals surface area contributed by atoms with Gasteiger partial charge in [-0.15, -0.1) is 0 Å². The number of aliphatic imine (C=N–C) groups is 1. The molecule has 0 aromatic heterocycles. The van der Waals surface area contributed by atoms with E-state index in [1.165, 1.54) is 12.8 Å². The van der Waals surface area contributed by atoms with Gasteiger partial charge in [-0.2, -0.15) is 0 Å². The van der Waals surface area contributed by atoms with E-state index in [0.29, 0.717) is 11.2 Å². The number of rotatable bonds is 5. The first-order valence-electron chi connectivity index (χ1n) is 6.25. The molecule has 2 atom stereocenters. The van der Waals surface area contributed by atoms with Crippen LogP contribution < -0.4 is 5.32 Å². The molecule has 3 nitrogen and oxygen atoms in total. The van der Waals surface area contributed by atoms with Crippen LogP contribution in [0.4, 0.5) is 0 Å². The van der Waals surface area contributed by atoms with Gasteiger partial charge in [0, 0.05) is 41.1 Å². The molecule has 0 aromatic carbocycles. The molecule has 0 saturated heterocycles. The van der Waals surface area contributed by atoms with Crippen LogP contribution in [0.3, 0.4) is 0 Å². The van der Waals surface area contributed by atoms with E-state index in [1.54, 1.807) is 6.26 Å². The average molecular weight is 276 g/mol. The average Bonchev–Trinajstić information content (AvgIpc) is 2.29. The smallest absolute Gasteiger partial charge is 0.156 e. The summed E-state index contributed by atoms with van der Waals surface area (Å²) in [6.45, 7) is 7.49. The second kappa shape index (κ2) is 6.78. The van der Waals surface area contributed by atoms with E-state index in [2.05, 4.69) is 31.1 Å². The van der Waals surface area contributed by atoms with Crippen LogP contribution in [0.2, 0.25) is 0 Å². The van der Waals surface area contributed by atoms with Gasteiger partial charge < -0.3 is 5.32 Å². The zero-order valence-corrected chi connectivity index (χ0v) is 12.9. The molecule has 2 unspecified atom stereocenters. The minimum Gasteiger partial charge on any atom is -0.362 e. The molecule has 0 radical (unpaired) electrons. The Morgan fingerprint density at radius 2 is 2.18 bits per heavy atom. The summed E-state index contributed by atoms with van der Waals surface area (Å²) in [7, 11) is -0.745. The summed E-state index contributed by atoms with van der Waals surface area (Å²) in [5.41, 5.74) is 0.395. The van der Waals surface area contributed by atoms with Crippen molar-refractivity contribution in [3.63, 3.8) is 0 Å². The van der Waals surface area contributed by atoms with Gasteiger partial charge in [-0.05, 0) is 25.2 Å². The van der Waals surface area contributed by atoms with Crippen molar-refractivity contribution < 1.29 is 4.21 Å². The van der Waals surface area contributed by atoms with E-state index < -0.39 is 10.8 Å². The number of nitrogens with zero attached hydrogens (tertiary/aromatic N) is 1. The fourth-order valence-corrected chi connectivity index (χ4v) is 4.09. The van der Waals surface area contributed by atoms with E-state index in [9.17, 15) is 4.21 Å². The molecular formula is C12H24N2OS2. The summed E-state index contributed by atoms with van der Waals surface area (Å²) < 4.78 is 11.1. The van der Waals surface area contributed by atoms with Crippen LogP contribution in [0, 0.1) is 5.41 Å². The number of nitrogens with one attached hydrogen (secondary N) is 1. The van der Waals surface area contributed by atoms with E-state index >= 15 is 0 Å². The molecule has 1 rings (SSSR count). The molecule has 0 aromatic rings. The molecule has 1 aliphatic rings. The summed E-state index contributed by atoms with van der Waals surface area (Å²) in [5.74, 6) is 1.83. The number of hydrogen-bond donors (Lipinski definition) is 1. The Bertz CT molecular complexity index is 301. The third-order valence-corrected chi connectivity index (χ3v) is 5.67. The highest BCUT2D eigenvalue weighted by atomic mass is 32.2. The predicted octanol–water partition coefficient (Wildman–Crippen LogP) is 2.25. The lowest BCUT2D eigenvalue weighted by Crippen LogP contribution is -2.39. The van der Waals surface area contributed by atoms with Gasteiger partial charge in [0.25, 0.3) is 0 Å². The number of amidine groups is 1. The Hall–Kier alpha value is -0.0300. The van der Waals surface area contributed by atoms with E-state index in [0.717, 1.165) is 17.5 Å². The molecule has 100 valence electrons. The van der Waals surface area contributed by atoms with Crippen molar-refractivity contribution in [2.75, 3.05) is 24.3 Å². The van der Waals surface area contributed by atoms with Crippen LogP contribution in [0.15, 0.2) is 4.99 Å². The Morgan fingerprint density at radius 3 is 2.59 bits per heavy atom. The second-order valence-corrected chi connectivity index (χ2v) is 7.35. The molecule has 1 aliphatic heterocycles. The Labute approximate surface area is 112 Å². The lowest BCUT2D eigenvalue weighted by atomic mass is 9.84. The maximum absolute atomic E-state index is 11.1. The maximum atomic E-state index is 11.1. The minimum absolute atomic E-state index is 0.239. The van der Waals surface area contributed by atoms with Crippen molar-refractivity contribution in [1.29, 1.82) is 0 Å². The third-order valence-electron chi connectivity index (χ3n) is 3.43. The molecule has 0 spiro atoms. The standard InChI is InChI=1S/C12H24N2OS2/c1-5-12(6-2)8-13-11(16-9-12)14-10(3)7-17(4)15/h10H,5-9H2,1-4H3,(H,13,14). The molecule has 0 saturated carbocycles. The second-order valence-electron chi connectivity index (χ2n) is 4.90. The zero-order chi connectivity index (χ0) is 12.9. The highest BCUT2D eigenvalue weighted by molar-refractivity contribution is 8.13. The zero-order valence-electron chi connectivity index (χ0n) is 11.3. The van der Waals surface area contributed by atoms with Crippen LogP contribution in [0.5, 0.6) is 0 Å². The summed E-state index contributed by atoms with van der Waals surface area (Å²) >= 11 is 1.81. The van der Waals surface area contributed by atoms with Crippen molar-refractivity contribution in [2.45, 2.75) is 39.7 Å². The Balaban J connectivity index is 2.48. The van der Waals surface area contributed by atoms with Gasteiger partial charge in [0.15, 0.2) is 5.17 Å². The van der Waals surface area contributed by atoms with Gasteiger partial charge in [0.05, 0.1) is 0 Å². The van der Waals surface area contributed by atoms with Gasteiger partial charge in [0.1, 0.15) is 0 Å². The summed E-state index contributed by atoms with van der Waals surface area (Å²) in [5, 5.41) is 4.38. The summed E-state index contributed by atoms with van der Waals surface area (Å²) in [6, 6.07) is 0.239. The minimum atomic E-state index is -0.745. The fraction of sp³-hybridized carbons (Fsp3) is 0.917. The van der Waals surface area contributed by atoms with Crippen LogP contribution in [-0.4, -0.2) is 39.7 Å². The van der Waals surface area contributed by atoms with Crippen LogP contribution >= 0.6 is 11.8 Å². The first kappa shape index (κ1) is 15.0. The van der Waals surface area contributed by atoms with Gasteiger partial charge >= 0.3 is 0 Å². The van der Waals surface area contributed by atoms with Gasteiger partial charge in [-0.25, -0.2) is 0 Å². The normalized spacial score (nSPS) is 22.7. The lowest BCUT2D eigenvalue weighted by molar-refractivity contribution is 0.318. The fourth-order valence-electron chi connectivity index (χ4n) is 1.92. The summed E-state index contributed by atoms with van der Waals surface area (Å²) in [4.78, 5) is 4.64. The van der Waals surface area contributed by atoms with Crippen molar-refractivity contribution in [1.82, 2.24) is 5.32 Å². The van der Waals surface area contributed by atoms with Crippen LogP contribution in [0.25, 0.3) is 0 Å². The van der Waals surface area contributed by atoms with Crippen molar-refractivity contribution in [3.05, 3.63) is 0 Å². The van der Waals surface area contributed by atoms with Gasteiger partial charge in [0.2, 0.25) is 0 Å². The molecule has 1 N–H and O–H groups in total. The van der Waals surface area contributed by atoms with Crippen molar-refractivity contribution in [2.24, 2.45) is 10.4 Å². The quantitative estimate of drug-likeness (QED) is 0.837. The van der Waals surface area contributed by atoms with Crippen molar-refractivity contribution >= 4 is 27.7 Å². The predicted molar refractivity (Wildman–Crippen MR) is 79.3 cm³/mol. The SMILES string of the molecule is CCC1(CC)CN=C(NC(C)CS(C)=O)SC1. The topological polar surface area (TPSA) is 41.5 Å². The number of hydrogen-bond acceptors (Lipinski definition) is 4. The van der Waals surface area contributed by atoms with Crippen LogP contribution in [-0.2, 0) is 10.8 Å². The van der Waals surface area contributed by atoms with E-state index in [-0.39, 0.29) is 6.04 Å². The number of thioether (sulfide) groups is 1. The van der Waals surface area contributed by atoms with Gasteiger partial charge in [-0.3, -0.25) is 9.20 Å². The molecule has 0 bridgehead atoms. The maximum Gasteiger partial charge on any atom is 0.156 e. The molecule has 0 amide bonds. The highest BCUT2D eigenvalue weighted by Crippen LogP contribution is 2.34. The molecule has 0 fully saturated rings. The molecule has 0 aliphatic carbocycles. The largest absolute Gasteiger partial charge is 0.362 e. The molecule has 17 heavy (non-hydrogen) atoms. The Morgan fingerprint density at radius 1 is 1.53 bits per heavy atom.